The second-order valence-electron chi connectivity index (χ2n) is 4.63. The maximum Gasteiger partial charge on any atom is 0.205 e. The van der Waals surface area contributed by atoms with Crippen LogP contribution in [0.4, 0.5) is 4.39 Å². The molecule has 112 valence electrons. The third-order valence-electron chi connectivity index (χ3n) is 3.22. The number of thiazole rings is 1. The van der Waals surface area contributed by atoms with Crippen LogP contribution in [0.2, 0.25) is 0 Å². The average Bonchev–Trinajstić information content (AvgIpc) is 3.11. The molecule has 0 amide bonds. The maximum atomic E-state index is 14.1. The summed E-state index contributed by atoms with van der Waals surface area (Å²) in [5.74, 6) is -0.265. The van der Waals surface area contributed by atoms with Crippen LogP contribution in [0, 0.1) is 12.7 Å². The molecule has 0 aliphatic heterocycles. The summed E-state index contributed by atoms with van der Waals surface area (Å²) in [4.78, 5) is 6.03. The van der Waals surface area contributed by atoms with Crippen LogP contribution in [0.5, 0.6) is 0 Å². The van der Waals surface area contributed by atoms with Crippen molar-refractivity contribution >= 4 is 28.9 Å². The second kappa shape index (κ2) is 6.37. The van der Waals surface area contributed by atoms with Crippen molar-refractivity contribution in [2.45, 2.75) is 6.92 Å². The van der Waals surface area contributed by atoms with Crippen molar-refractivity contribution in [3.63, 3.8) is 0 Å². The van der Waals surface area contributed by atoms with Crippen molar-refractivity contribution in [2.24, 2.45) is 10.1 Å². The molecule has 0 atom stereocenters. The summed E-state index contributed by atoms with van der Waals surface area (Å²) in [5.41, 5.74) is 2.40. The fourth-order valence-electron chi connectivity index (χ4n) is 2.04. The van der Waals surface area contributed by atoms with Crippen LogP contribution in [0.15, 0.2) is 51.2 Å². The summed E-state index contributed by atoms with van der Waals surface area (Å²) in [7, 11) is 1.71. The molecule has 0 N–H and O–H groups in total. The van der Waals surface area contributed by atoms with E-state index in [2.05, 4.69) is 10.1 Å². The number of nitrogens with zero attached hydrogens (tertiary/aromatic N) is 3. The number of thiophene rings is 1. The topological polar surface area (TPSA) is 29.6 Å². The first-order valence-electron chi connectivity index (χ1n) is 6.67. The van der Waals surface area contributed by atoms with E-state index in [4.69, 9.17) is 0 Å². The van der Waals surface area contributed by atoms with Gasteiger partial charge in [-0.15, -0.1) is 22.7 Å². The Morgan fingerprint density at radius 3 is 2.68 bits per heavy atom. The zero-order valence-corrected chi connectivity index (χ0v) is 13.8. The lowest BCUT2D eigenvalue weighted by Gasteiger charge is -2.04. The molecule has 2 aromatic heterocycles. The van der Waals surface area contributed by atoms with Crippen LogP contribution in [-0.2, 0) is 0 Å². The van der Waals surface area contributed by atoms with Gasteiger partial charge in [-0.05, 0) is 36.1 Å². The van der Waals surface area contributed by atoms with Crippen molar-refractivity contribution in [1.82, 2.24) is 4.68 Å². The monoisotopic (exact) mass is 331 g/mol. The molecule has 0 fully saturated rings. The van der Waals surface area contributed by atoms with E-state index < -0.39 is 0 Å². The lowest BCUT2D eigenvalue weighted by Crippen LogP contribution is -2.11. The highest BCUT2D eigenvalue weighted by atomic mass is 32.1. The minimum atomic E-state index is -0.265. The number of aromatic nitrogens is 1. The molecule has 2 heterocycles. The molecule has 3 rings (SSSR count). The Kier molecular flexibility index (Phi) is 4.31. The van der Waals surface area contributed by atoms with E-state index >= 15 is 0 Å². The van der Waals surface area contributed by atoms with E-state index in [9.17, 15) is 4.39 Å². The molecular formula is C16H14FN3S2. The van der Waals surface area contributed by atoms with E-state index in [1.165, 1.54) is 23.0 Å². The van der Waals surface area contributed by atoms with Crippen LogP contribution < -0.4 is 4.80 Å². The zero-order valence-electron chi connectivity index (χ0n) is 12.2. The van der Waals surface area contributed by atoms with Crippen molar-refractivity contribution in [1.29, 1.82) is 0 Å². The van der Waals surface area contributed by atoms with Crippen LogP contribution in [0.3, 0.4) is 0 Å². The Hall–Kier alpha value is -2.05. The highest BCUT2D eigenvalue weighted by Gasteiger charge is 2.11. The van der Waals surface area contributed by atoms with Gasteiger partial charge in [0.25, 0.3) is 0 Å². The smallest absolute Gasteiger partial charge is 0.205 e. The summed E-state index contributed by atoms with van der Waals surface area (Å²) in [6.07, 6.45) is 1.80. The van der Waals surface area contributed by atoms with Gasteiger partial charge in [0.15, 0.2) is 0 Å². The van der Waals surface area contributed by atoms with Crippen LogP contribution in [-0.4, -0.2) is 17.9 Å². The third kappa shape index (κ3) is 2.80. The third-order valence-corrected chi connectivity index (χ3v) is 5.08. The highest BCUT2D eigenvalue weighted by Crippen LogP contribution is 2.23. The number of halogens is 1. The fourth-order valence-corrected chi connectivity index (χ4v) is 3.62. The van der Waals surface area contributed by atoms with E-state index in [0.29, 0.717) is 11.3 Å². The SMILES string of the molecule is CN=c1scc(-c2ccccc2F)n1/N=C\c1sccc1C. The van der Waals surface area contributed by atoms with Crippen LogP contribution in [0.1, 0.15) is 10.4 Å². The summed E-state index contributed by atoms with van der Waals surface area (Å²) in [6.45, 7) is 2.04. The summed E-state index contributed by atoms with van der Waals surface area (Å²) < 4.78 is 15.7. The molecule has 0 saturated heterocycles. The zero-order chi connectivity index (χ0) is 15.5. The van der Waals surface area contributed by atoms with Gasteiger partial charge in [-0.2, -0.15) is 5.10 Å². The molecule has 0 aliphatic carbocycles. The van der Waals surface area contributed by atoms with Gasteiger partial charge in [0.05, 0.1) is 16.8 Å². The fraction of sp³-hybridized carbons (Fsp3) is 0.125. The quantitative estimate of drug-likeness (QED) is 0.646. The van der Waals surface area contributed by atoms with Gasteiger partial charge in [0.1, 0.15) is 5.82 Å². The summed E-state index contributed by atoms with van der Waals surface area (Å²) >= 11 is 3.07. The molecule has 0 unspecified atom stereocenters. The lowest BCUT2D eigenvalue weighted by molar-refractivity contribution is 0.629. The molecule has 0 aliphatic rings. The first-order chi connectivity index (χ1) is 10.7. The normalized spacial score (nSPS) is 12.4. The molecule has 0 radical (unpaired) electrons. The molecule has 22 heavy (non-hydrogen) atoms. The molecule has 1 aromatic carbocycles. The minimum Gasteiger partial charge on any atom is -0.261 e. The Balaban J connectivity index is 2.11. The van der Waals surface area contributed by atoms with Crippen molar-refractivity contribution in [2.75, 3.05) is 7.05 Å². The standard InChI is InChI=1S/C16H14FN3S2/c1-11-7-8-21-15(11)9-19-20-14(10-22-16(20)18-2)12-5-3-4-6-13(12)17/h3-10H,1-2H3/b18-16?,19-9-. The predicted octanol–water partition coefficient (Wildman–Crippen LogP) is 4.14. The summed E-state index contributed by atoms with van der Waals surface area (Å²) in [6, 6.07) is 8.74. The highest BCUT2D eigenvalue weighted by molar-refractivity contribution is 7.11. The van der Waals surface area contributed by atoms with E-state index in [1.54, 1.807) is 41.4 Å². The Labute approximate surface area is 135 Å². The number of hydrogen-bond acceptors (Lipinski definition) is 4. The van der Waals surface area contributed by atoms with Crippen molar-refractivity contribution in [3.8, 4) is 11.3 Å². The lowest BCUT2D eigenvalue weighted by atomic mass is 10.1. The largest absolute Gasteiger partial charge is 0.261 e. The van der Waals surface area contributed by atoms with E-state index in [-0.39, 0.29) is 5.82 Å². The molecule has 3 nitrogen and oxygen atoms in total. The van der Waals surface area contributed by atoms with E-state index in [0.717, 1.165) is 9.68 Å². The Bertz CT molecular complexity index is 887. The van der Waals surface area contributed by atoms with Gasteiger partial charge in [0.2, 0.25) is 4.80 Å². The predicted molar refractivity (Wildman–Crippen MR) is 91.2 cm³/mol. The van der Waals surface area contributed by atoms with Gasteiger partial charge in [-0.25, -0.2) is 9.07 Å². The Morgan fingerprint density at radius 2 is 2.00 bits per heavy atom. The number of benzene rings is 1. The number of aryl methyl sites for hydroxylation is 1. The van der Waals surface area contributed by atoms with Crippen LogP contribution in [0.25, 0.3) is 11.3 Å². The average molecular weight is 331 g/mol. The first kappa shape index (κ1) is 14.9. The molecule has 6 heteroatoms. The van der Waals surface area contributed by atoms with Gasteiger partial charge in [0, 0.05) is 18.0 Å². The van der Waals surface area contributed by atoms with Gasteiger partial charge in [-0.3, -0.25) is 4.99 Å². The summed E-state index contributed by atoms with van der Waals surface area (Å²) in [5, 5.41) is 8.41. The Morgan fingerprint density at radius 1 is 1.18 bits per heavy atom. The second-order valence-corrected chi connectivity index (χ2v) is 6.42. The van der Waals surface area contributed by atoms with Gasteiger partial charge < -0.3 is 0 Å². The molecular weight excluding hydrogens is 317 g/mol. The molecule has 0 saturated carbocycles. The minimum absolute atomic E-state index is 0.265. The number of rotatable bonds is 3. The van der Waals surface area contributed by atoms with Gasteiger partial charge >= 0.3 is 0 Å². The first-order valence-corrected chi connectivity index (χ1v) is 8.43. The van der Waals surface area contributed by atoms with Crippen LogP contribution >= 0.6 is 22.7 Å². The van der Waals surface area contributed by atoms with Gasteiger partial charge in [-0.1, -0.05) is 12.1 Å². The molecule has 0 spiro atoms. The molecule has 0 bridgehead atoms. The molecule has 3 aromatic rings. The number of hydrogen-bond donors (Lipinski definition) is 0. The van der Waals surface area contributed by atoms with Crippen molar-refractivity contribution < 1.29 is 4.39 Å². The maximum absolute atomic E-state index is 14.1. The van der Waals surface area contributed by atoms with Crippen molar-refractivity contribution in [3.05, 3.63) is 62.2 Å². The van der Waals surface area contributed by atoms with E-state index in [1.807, 2.05) is 29.8 Å².